The van der Waals surface area contributed by atoms with Crippen LogP contribution < -0.4 is 0 Å². The standard InChI is InChI=1S/C11H18N2O/c1-8-5-12-13(4)9(8)11(14)6-10(2,3)7-11/h5,14H,6-7H2,1-4H3. The van der Waals surface area contributed by atoms with Crippen LogP contribution in [0.25, 0.3) is 0 Å². The Morgan fingerprint density at radius 3 is 2.36 bits per heavy atom. The molecular formula is C11H18N2O. The highest BCUT2D eigenvalue weighted by Gasteiger charge is 2.51. The molecule has 0 saturated heterocycles. The van der Waals surface area contributed by atoms with Crippen molar-refractivity contribution in [2.24, 2.45) is 12.5 Å². The van der Waals surface area contributed by atoms with Gasteiger partial charge in [0.2, 0.25) is 0 Å². The number of rotatable bonds is 1. The van der Waals surface area contributed by atoms with Gasteiger partial charge >= 0.3 is 0 Å². The van der Waals surface area contributed by atoms with Gasteiger partial charge in [-0.3, -0.25) is 4.68 Å². The van der Waals surface area contributed by atoms with Gasteiger partial charge in [0.25, 0.3) is 0 Å². The smallest absolute Gasteiger partial charge is 0.107 e. The molecule has 1 aromatic rings. The summed E-state index contributed by atoms with van der Waals surface area (Å²) in [6.07, 6.45) is 3.49. The maximum atomic E-state index is 10.4. The Morgan fingerprint density at radius 2 is 2.00 bits per heavy atom. The molecule has 0 bridgehead atoms. The van der Waals surface area contributed by atoms with Crippen LogP contribution in [0.3, 0.4) is 0 Å². The first-order chi connectivity index (χ1) is 6.34. The zero-order chi connectivity index (χ0) is 10.6. The number of hydrogen-bond acceptors (Lipinski definition) is 2. The summed E-state index contributed by atoms with van der Waals surface area (Å²) in [5, 5.41) is 14.6. The van der Waals surface area contributed by atoms with Crippen molar-refractivity contribution >= 4 is 0 Å². The van der Waals surface area contributed by atoms with Gasteiger partial charge in [-0.15, -0.1) is 0 Å². The third-order valence-electron chi connectivity index (χ3n) is 3.10. The lowest BCUT2D eigenvalue weighted by molar-refractivity contribution is -0.124. The van der Waals surface area contributed by atoms with Gasteiger partial charge < -0.3 is 5.11 Å². The van der Waals surface area contributed by atoms with E-state index in [4.69, 9.17) is 0 Å². The largest absolute Gasteiger partial charge is 0.384 e. The second-order valence-corrected chi connectivity index (χ2v) is 5.35. The highest BCUT2D eigenvalue weighted by molar-refractivity contribution is 5.26. The first kappa shape index (κ1) is 9.71. The van der Waals surface area contributed by atoms with E-state index in [1.807, 2.05) is 20.2 Å². The van der Waals surface area contributed by atoms with Gasteiger partial charge in [0, 0.05) is 7.05 Å². The molecule has 0 spiro atoms. The van der Waals surface area contributed by atoms with Crippen molar-refractivity contribution in [1.82, 2.24) is 9.78 Å². The summed E-state index contributed by atoms with van der Waals surface area (Å²) in [7, 11) is 1.89. The molecular weight excluding hydrogens is 176 g/mol. The van der Waals surface area contributed by atoms with Gasteiger partial charge in [-0.2, -0.15) is 5.10 Å². The van der Waals surface area contributed by atoms with Gasteiger partial charge in [0.15, 0.2) is 0 Å². The van der Waals surface area contributed by atoms with Crippen LogP contribution >= 0.6 is 0 Å². The van der Waals surface area contributed by atoms with Crippen LogP contribution in [0.15, 0.2) is 6.20 Å². The van der Waals surface area contributed by atoms with E-state index in [1.54, 1.807) is 4.68 Å². The minimum absolute atomic E-state index is 0.269. The first-order valence-electron chi connectivity index (χ1n) is 5.06. The van der Waals surface area contributed by atoms with Gasteiger partial charge in [-0.1, -0.05) is 13.8 Å². The normalized spacial score (nSPS) is 23.2. The van der Waals surface area contributed by atoms with E-state index < -0.39 is 5.60 Å². The van der Waals surface area contributed by atoms with Crippen LogP contribution in [0, 0.1) is 12.3 Å². The molecule has 3 nitrogen and oxygen atoms in total. The molecule has 1 saturated carbocycles. The van der Waals surface area contributed by atoms with Crippen LogP contribution in [-0.4, -0.2) is 14.9 Å². The van der Waals surface area contributed by atoms with E-state index in [0.717, 1.165) is 24.1 Å². The molecule has 1 aliphatic carbocycles. The maximum Gasteiger partial charge on any atom is 0.107 e. The Morgan fingerprint density at radius 1 is 1.43 bits per heavy atom. The number of aryl methyl sites for hydroxylation is 2. The van der Waals surface area contributed by atoms with Gasteiger partial charge in [-0.25, -0.2) is 0 Å². The second-order valence-electron chi connectivity index (χ2n) is 5.35. The molecule has 0 unspecified atom stereocenters. The predicted molar refractivity (Wildman–Crippen MR) is 54.9 cm³/mol. The highest BCUT2D eigenvalue weighted by Crippen LogP contribution is 2.53. The van der Waals surface area contributed by atoms with Crippen molar-refractivity contribution in [3.63, 3.8) is 0 Å². The van der Waals surface area contributed by atoms with Crippen molar-refractivity contribution < 1.29 is 5.11 Å². The molecule has 1 aliphatic rings. The second kappa shape index (κ2) is 2.60. The van der Waals surface area contributed by atoms with Crippen LogP contribution in [0.1, 0.15) is 37.9 Å². The molecule has 2 rings (SSSR count). The zero-order valence-corrected chi connectivity index (χ0v) is 9.33. The van der Waals surface area contributed by atoms with E-state index in [-0.39, 0.29) is 5.41 Å². The summed E-state index contributed by atoms with van der Waals surface area (Å²) >= 11 is 0. The number of nitrogens with zero attached hydrogens (tertiary/aromatic N) is 2. The monoisotopic (exact) mass is 194 g/mol. The van der Waals surface area contributed by atoms with Crippen LogP contribution in [0.2, 0.25) is 0 Å². The predicted octanol–water partition coefficient (Wildman–Crippen LogP) is 1.74. The molecule has 0 atom stereocenters. The molecule has 0 aliphatic heterocycles. The van der Waals surface area contributed by atoms with E-state index >= 15 is 0 Å². The number of hydrogen-bond donors (Lipinski definition) is 1. The minimum atomic E-state index is -0.640. The zero-order valence-electron chi connectivity index (χ0n) is 9.33. The van der Waals surface area contributed by atoms with Crippen molar-refractivity contribution in [3.8, 4) is 0 Å². The molecule has 1 heterocycles. The lowest BCUT2D eigenvalue weighted by atomic mass is 9.60. The molecule has 1 N–H and O–H groups in total. The Balaban J connectivity index is 2.33. The van der Waals surface area contributed by atoms with Crippen molar-refractivity contribution in [2.75, 3.05) is 0 Å². The number of aliphatic hydroxyl groups is 1. The Kier molecular flexibility index (Phi) is 1.80. The Bertz CT molecular complexity index is 338. The minimum Gasteiger partial charge on any atom is -0.384 e. The van der Waals surface area contributed by atoms with Crippen molar-refractivity contribution in [2.45, 2.75) is 39.2 Å². The first-order valence-corrected chi connectivity index (χ1v) is 5.06. The summed E-state index contributed by atoms with van der Waals surface area (Å²) in [5.41, 5.74) is 1.70. The Labute approximate surface area is 84.7 Å². The summed E-state index contributed by atoms with van der Waals surface area (Å²) in [6.45, 7) is 6.38. The van der Waals surface area contributed by atoms with E-state index in [0.29, 0.717) is 0 Å². The third-order valence-corrected chi connectivity index (χ3v) is 3.10. The lowest BCUT2D eigenvalue weighted by Gasteiger charge is -2.49. The SMILES string of the molecule is Cc1cnn(C)c1C1(O)CC(C)(C)C1. The number of aromatic nitrogens is 2. The average molecular weight is 194 g/mol. The lowest BCUT2D eigenvalue weighted by Crippen LogP contribution is -2.47. The van der Waals surface area contributed by atoms with Gasteiger partial charge in [-0.05, 0) is 30.7 Å². The average Bonchev–Trinajstić information content (AvgIpc) is 2.26. The van der Waals surface area contributed by atoms with E-state index in [1.165, 1.54) is 0 Å². The van der Waals surface area contributed by atoms with Crippen molar-refractivity contribution in [1.29, 1.82) is 0 Å². The molecule has 78 valence electrons. The van der Waals surface area contributed by atoms with E-state index in [9.17, 15) is 5.11 Å². The summed E-state index contributed by atoms with van der Waals surface area (Å²) in [4.78, 5) is 0. The van der Waals surface area contributed by atoms with Crippen LogP contribution in [0.5, 0.6) is 0 Å². The topological polar surface area (TPSA) is 38.0 Å². The van der Waals surface area contributed by atoms with Crippen LogP contribution in [0.4, 0.5) is 0 Å². The summed E-state index contributed by atoms with van der Waals surface area (Å²) in [6, 6.07) is 0. The maximum absolute atomic E-state index is 10.4. The molecule has 1 aromatic heterocycles. The van der Waals surface area contributed by atoms with Crippen LogP contribution in [-0.2, 0) is 12.6 Å². The molecule has 0 amide bonds. The third kappa shape index (κ3) is 1.27. The van der Waals surface area contributed by atoms with Crippen molar-refractivity contribution in [3.05, 3.63) is 17.5 Å². The highest BCUT2D eigenvalue weighted by atomic mass is 16.3. The quantitative estimate of drug-likeness (QED) is 0.739. The summed E-state index contributed by atoms with van der Waals surface area (Å²) in [5.74, 6) is 0. The molecule has 0 radical (unpaired) electrons. The fourth-order valence-electron chi connectivity index (χ4n) is 2.91. The molecule has 0 aromatic carbocycles. The van der Waals surface area contributed by atoms with Gasteiger partial charge in [0.1, 0.15) is 5.60 Å². The molecule has 3 heteroatoms. The fraction of sp³-hybridized carbons (Fsp3) is 0.727. The fourth-order valence-corrected chi connectivity index (χ4v) is 2.91. The van der Waals surface area contributed by atoms with Gasteiger partial charge in [0.05, 0.1) is 11.9 Å². The molecule has 14 heavy (non-hydrogen) atoms. The van der Waals surface area contributed by atoms with E-state index in [2.05, 4.69) is 18.9 Å². The summed E-state index contributed by atoms with van der Waals surface area (Å²) < 4.78 is 1.80. The molecule has 1 fully saturated rings. The Hall–Kier alpha value is -0.830.